The van der Waals surface area contributed by atoms with Gasteiger partial charge in [0.15, 0.2) is 11.6 Å². The Kier molecular flexibility index (Phi) is 7.98. The Morgan fingerprint density at radius 2 is 1.86 bits per heavy atom. The van der Waals surface area contributed by atoms with Crippen LogP contribution < -0.4 is 4.74 Å². The van der Waals surface area contributed by atoms with E-state index in [0.717, 1.165) is 36.5 Å². The number of carboxylic acids is 1. The second kappa shape index (κ2) is 11.9. The molecule has 1 saturated heterocycles. The maximum atomic E-state index is 15.4. The third-order valence-corrected chi connectivity index (χ3v) is 7.98. The molecule has 44 heavy (non-hydrogen) atoms. The number of nitrogens with zero attached hydrogens (tertiary/aromatic N) is 4. The Morgan fingerprint density at radius 3 is 2.55 bits per heavy atom. The highest BCUT2D eigenvalue weighted by Gasteiger charge is 2.25. The summed E-state index contributed by atoms with van der Waals surface area (Å²) in [7, 11) is 0. The van der Waals surface area contributed by atoms with E-state index in [1.807, 2.05) is 0 Å². The van der Waals surface area contributed by atoms with E-state index in [4.69, 9.17) is 9.47 Å². The van der Waals surface area contributed by atoms with Crippen LogP contribution in [0.15, 0.2) is 42.6 Å². The van der Waals surface area contributed by atoms with Gasteiger partial charge in [0.25, 0.3) is 12.3 Å². The van der Waals surface area contributed by atoms with Crippen LogP contribution in [0.1, 0.15) is 44.5 Å². The van der Waals surface area contributed by atoms with Crippen molar-refractivity contribution in [3.05, 3.63) is 92.7 Å². The molecule has 1 atom stereocenters. The average molecular weight is 635 g/mol. The molecule has 6 rings (SSSR count). The van der Waals surface area contributed by atoms with E-state index in [9.17, 15) is 27.5 Å². The molecule has 4 heterocycles. The lowest BCUT2D eigenvalue weighted by Gasteiger charge is -2.27. The van der Waals surface area contributed by atoms with Crippen molar-refractivity contribution in [1.82, 2.24) is 19.5 Å². The molecule has 1 N–H and O–H groups in total. The largest absolute Gasteiger partial charge is 0.478 e. The van der Waals surface area contributed by atoms with Crippen LogP contribution in [0.4, 0.5) is 26.3 Å². The molecule has 0 amide bonds. The van der Waals surface area contributed by atoms with E-state index in [-0.39, 0.29) is 74.8 Å². The molecule has 2 aromatic carbocycles. The van der Waals surface area contributed by atoms with Crippen molar-refractivity contribution in [2.24, 2.45) is 0 Å². The van der Waals surface area contributed by atoms with E-state index < -0.39 is 41.5 Å². The Bertz CT molecular complexity index is 1890. The van der Waals surface area contributed by atoms with Crippen molar-refractivity contribution < 1.29 is 45.7 Å². The highest BCUT2D eigenvalue weighted by atomic mass is 32.1. The van der Waals surface area contributed by atoms with Gasteiger partial charge in [-0.15, -0.1) is 11.3 Å². The van der Waals surface area contributed by atoms with Crippen LogP contribution in [-0.2, 0) is 24.3 Å². The van der Waals surface area contributed by atoms with E-state index in [1.54, 1.807) is 0 Å². The van der Waals surface area contributed by atoms with Crippen LogP contribution in [0.5, 0.6) is 5.88 Å². The predicted octanol–water partition coefficient (Wildman–Crippen LogP) is 6.71. The number of carboxylic acid groups (broad SMARTS) is 1. The van der Waals surface area contributed by atoms with Crippen molar-refractivity contribution in [2.45, 2.75) is 38.5 Å². The number of hydrogen-bond donors (Lipinski definition) is 1. The minimum absolute atomic E-state index is 0.118. The molecule has 1 aliphatic rings. The first-order valence-corrected chi connectivity index (χ1v) is 13.9. The second-order valence-corrected chi connectivity index (χ2v) is 11.0. The van der Waals surface area contributed by atoms with Crippen molar-refractivity contribution in [1.29, 1.82) is 0 Å². The summed E-state index contributed by atoms with van der Waals surface area (Å²) >= 11 is 0.679. The fourth-order valence-electron chi connectivity index (χ4n) is 4.71. The molecule has 0 spiro atoms. The molecular weight excluding hydrogens is 614 g/mol. The zero-order valence-electron chi connectivity index (χ0n) is 22.4. The number of carbonyl (C=O) groups is 1. The van der Waals surface area contributed by atoms with Crippen molar-refractivity contribution in [3.8, 4) is 17.1 Å². The van der Waals surface area contributed by atoms with Crippen molar-refractivity contribution in [3.63, 3.8) is 0 Å². The van der Waals surface area contributed by atoms with Crippen molar-refractivity contribution >= 4 is 28.3 Å². The number of aromatic nitrogens is 4. The predicted molar refractivity (Wildman–Crippen MR) is 145 cm³/mol. The minimum atomic E-state index is -2.72. The lowest BCUT2D eigenvalue weighted by atomic mass is 10.0. The number of aromatic carboxylic acids is 1. The molecule has 228 valence electrons. The molecule has 1 aliphatic heterocycles. The molecule has 8 nitrogen and oxygen atoms in total. The van der Waals surface area contributed by atoms with E-state index in [0.29, 0.717) is 24.4 Å². The number of fused-ring (bicyclic) bond motifs is 1. The minimum Gasteiger partial charge on any atom is -0.478 e. The van der Waals surface area contributed by atoms with Gasteiger partial charge in [-0.1, -0.05) is 0 Å². The third kappa shape index (κ3) is 5.84. The fraction of sp³-hybridized carbons (Fsp3) is 0.241. The highest BCUT2D eigenvalue weighted by molar-refractivity contribution is 7.11. The van der Waals surface area contributed by atoms with Gasteiger partial charge < -0.3 is 19.1 Å². The molecule has 1 unspecified atom stereocenters. The number of hydrogen-bond acceptors (Lipinski definition) is 7. The highest BCUT2D eigenvalue weighted by Crippen LogP contribution is 2.31. The number of benzene rings is 2. The van der Waals surface area contributed by atoms with Crippen LogP contribution in [0, 0.1) is 23.3 Å². The first kappa shape index (κ1) is 29.6. The Labute approximate surface area is 248 Å². The van der Waals surface area contributed by atoms with E-state index in [1.165, 1.54) is 10.6 Å². The summed E-state index contributed by atoms with van der Waals surface area (Å²) < 4.78 is 97.9. The van der Waals surface area contributed by atoms with E-state index >= 15 is 8.78 Å². The third-order valence-electron chi connectivity index (χ3n) is 7.01. The maximum Gasteiger partial charge on any atom is 0.335 e. The smallest absolute Gasteiger partial charge is 0.335 e. The average Bonchev–Trinajstić information content (AvgIpc) is 3.57. The summed E-state index contributed by atoms with van der Waals surface area (Å²) in [6.07, 6.45) is -1.55. The monoisotopic (exact) mass is 634 g/mol. The molecule has 15 heteroatoms. The Balaban J connectivity index is 1.29. The van der Waals surface area contributed by atoms with Crippen LogP contribution in [0.25, 0.3) is 22.3 Å². The zero-order valence-corrected chi connectivity index (χ0v) is 23.2. The summed E-state index contributed by atoms with van der Waals surface area (Å²) in [6, 6.07) is 5.96. The van der Waals surface area contributed by atoms with Crippen LogP contribution in [0.3, 0.4) is 0 Å². The van der Waals surface area contributed by atoms with Gasteiger partial charge in [0.05, 0.1) is 34.3 Å². The summed E-state index contributed by atoms with van der Waals surface area (Å²) in [5.41, 5.74) is -0.829. The molecule has 0 radical (unpaired) electrons. The zero-order chi connectivity index (χ0) is 31.1. The fourth-order valence-corrected chi connectivity index (χ4v) is 5.40. The molecule has 1 fully saturated rings. The van der Waals surface area contributed by atoms with Gasteiger partial charge in [-0.25, -0.2) is 46.1 Å². The first-order valence-electron chi connectivity index (χ1n) is 13.1. The molecule has 0 bridgehead atoms. The number of ether oxygens (including phenoxy) is 2. The Hall–Kier alpha value is -4.50. The summed E-state index contributed by atoms with van der Waals surface area (Å²) in [6.45, 7) is 0.350. The lowest BCUT2D eigenvalue weighted by Crippen LogP contribution is -2.31. The number of rotatable bonds is 10. The van der Waals surface area contributed by atoms with Gasteiger partial charge in [-0.2, -0.15) is 0 Å². The van der Waals surface area contributed by atoms with Gasteiger partial charge >= 0.3 is 5.97 Å². The molecular formula is C29H20F6N4O4S. The normalized spacial score (nSPS) is 14.8. The maximum absolute atomic E-state index is 15.4. The number of imidazole rings is 1. The van der Waals surface area contributed by atoms with Crippen molar-refractivity contribution in [2.75, 3.05) is 6.61 Å². The van der Waals surface area contributed by atoms with Crippen LogP contribution >= 0.6 is 11.3 Å². The molecule has 3 aromatic heterocycles. The number of alkyl halides is 2. The SMILES string of the molecule is O=C(O)c1cc(F)c2nc(Cc3cc(F)c(-c4ccc(F)c(OCc5ncc(C(F)F)s5)n4)cc3F)n(CC3CCO3)c2c1. The van der Waals surface area contributed by atoms with Gasteiger partial charge in [0.1, 0.15) is 34.6 Å². The second-order valence-electron chi connectivity index (χ2n) is 9.88. The van der Waals surface area contributed by atoms with E-state index in [2.05, 4.69) is 15.0 Å². The number of halogens is 6. The molecule has 0 saturated carbocycles. The summed E-state index contributed by atoms with van der Waals surface area (Å²) in [5, 5.41) is 9.53. The van der Waals surface area contributed by atoms with Crippen LogP contribution in [-0.4, -0.2) is 43.3 Å². The quantitative estimate of drug-likeness (QED) is 0.171. The van der Waals surface area contributed by atoms with Gasteiger partial charge in [-0.05, 0) is 48.4 Å². The topological polar surface area (TPSA) is 99.4 Å². The molecule has 5 aromatic rings. The van der Waals surface area contributed by atoms with Gasteiger partial charge in [-0.3, -0.25) is 0 Å². The summed E-state index contributed by atoms with van der Waals surface area (Å²) in [5.74, 6) is -5.29. The standard InChI is InChI=1S/C29H20F6N4O4S/c30-17-1-2-21(37-28(17)43-12-25-36-10-23(44-25)27(34)35)16-9-18(31)13(5-19(16)32)8-24-38-26-20(33)6-14(29(40)41)7-22(26)39(24)11-15-3-4-42-15/h1-2,5-7,9-10,15,27H,3-4,8,11-12H2,(H,40,41). The lowest BCUT2D eigenvalue weighted by molar-refractivity contribution is -0.0589. The van der Waals surface area contributed by atoms with Gasteiger partial charge in [0, 0.05) is 24.8 Å². The van der Waals surface area contributed by atoms with Gasteiger partial charge in [0.2, 0.25) is 0 Å². The first-order chi connectivity index (χ1) is 21.1. The Morgan fingerprint density at radius 1 is 1.07 bits per heavy atom. The number of thiazole rings is 1. The number of pyridine rings is 1. The molecule has 0 aliphatic carbocycles. The summed E-state index contributed by atoms with van der Waals surface area (Å²) in [4.78, 5) is 23.2. The van der Waals surface area contributed by atoms with Crippen LogP contribution in [0.2, 0.25) is 0 Å².